The second-order valence-corrected chi connectivity index (χ2v) is 5.17. The van der Waals surface area contributed by atoms with Crippen LogP contribution in [0.25, 0.3) is 0 Å². The molecular weight excluding hydrogens is 273 g/mol. The van der Waals surface area contributed by atoms with E-state index < -0.39 is 6.67 Å². The van der Waals surface area contributed by atoms with Crippen LogP contribution in [-0.4, -0.2) is 43.6 Å². The molecule has 2 aromatic heterocycles. The lowest BCUT2D eigenvalue weighted by molar-refractivity contribution is -0.132. The van der Waals surface area contributed by atoms with Gasteiger partial charge < -0.3 is 9.47 Å². The number of carbonyl (C=O) groups is 1. The molecule has 0 atom stereocenters. The summed E-state index contributed by atoms with van der Waals surface area (Å²) in [4.78, 5) is 13.7. The molecule has 1 aliphatic rings. The minimum Gasteiger partial charge on any atom is -0.348 e. The van der Waals surface area contributed by atoms with E-state index in [4.69, 9.17) is 0 Å². The van der Waals surface area contributed by atoms with E-state index in [2.05, 4.69) is 10.3 Å². The van der Waals surface area contributed by atoms with Gasteiger partial charge in [0, 0.05) is 25.5 Å². The van der Waals surface area contributed by atoms with E-state index in [0.717, 1.165) is 24.4 Å². The Bertz CT molecular complexity index is 607. The molecule has 7 heteroatoms. The van der Waals surface area contributed by atoms with Gasteiger partial charge in [-0.15, -0.1) is 5.10 Å². The van der Waals surface area contributed by atoms with Crippen LogP contribution < -0.4 is 0 Å². The van der Waals surface area contributed by atoms with Crippen molar-refractivity contribution in [2.24, 2.45) is 0 Å². The largest absolute Gasteiger partial charge is 0.348 e. The van der Waals surface area contributed by atoms with Gasteiger partial charge in [0.1, 0.15) is 5.69 Å². The number of carbonyl (C=O) groups excluding carboxylic acids is 1. The lowest BCUT2D eigenvalue weighted by atomic mass is 10.2. The average molecular weight is 291 g/mol. The molecule has 1 aliphatic heterocycles. The molecule has 2 aromatic rings. The second kappa shape index (κ2) is 6.07. The molecule has 6 nitrogen and oxygen atoms in total. The maximum Gasteiger partial charge on any atom is 0.225 e. The number of amides is 1. The van der Waals surface area contributed by atoms with E-state index in [1.165, 1.54) is 0 Å². The SMILES string of the molecule is O=C(CCF)N1CCCn2nnc(Cn3cccc3)c2C1. The molecule has 112 valence electrons. The molecule has 0 aromatic carbocycles. The number of hydrogen-bond acceptors (Lipinski definition) is 3. The third-order valence-corrected chi connectivity index (χ3v) is 3.72. The van der Waals surface area contributed by atoms with Crippen LogP contribution in [0, 0.1) is 0 Å². The topological polar surface area (TPSA) is 56.0 Å². The Labute approximate surface area is 122 Å². The zero-order chi connectivity index (χ0) is 14.7. The smallest absolute Gasteiger partial charge is 0.225 e. The van der Waals surface area contributed by atoms with Crippen LogP contribution in [0.4, 0.5) is 4.39 Å². The van der Waals surface area contributed by atoms with Gasteiger partial charge in [0.15, 0.2) is 0 Å². The minimum absolute atomic E-state index is 0.0471. The van der Waals surface area contributed by atoms with Gasteiger partial charge in [0.05, 0.1) is 31.9 Å². The number of fused-ring (bicyclic) bond motifs is 1. The van der Waals surface area contributed by atoms with Gasteiger partial charge in [-0.1, -0.05) is 5.21 Å². The predicted molar refractivity (Wildman–Crippen MR) is 74.2 cm³/mol. The van der Waals surface area contributed by atoms with Crippen LogP contribution in [0.15, 0.2) is 24.5 Å². The molecule has 0 saturated carbocycles. The van der Waals surface area contributed by atoms with Crippen molar-refractivity contribution in [1.29, 1.82) is 0 Å². The summed E-state index contributed by atoms with van der Waals surface area (Å²) >= 11 is 0. The van der Waals surface area contributed by atoms with Crippen molar-refractivity contribution in [1.82, 2.24) is 24.5 Å². The average Bonchev–Trinajstić information content (AvgIpc) is 3.05. The minimum atomic E-state index is -0.608. The molecular formula is C14H18FN5O. The van der Waals surface area contributed by atoms with Crippen LogP contribution in [0.2, 0.25) is 0 Å². The molecule has 0 spiro atoms. The maximum atomic E-state index is 12.4. The number of hydrogen-bond donors (Lipinski definition) is 0. The highest BCUT2D eigenvalue weighted by molar-refractivity contribution is 5.76. The first-order chi connectivity index (χ1) is 10.3. The maximum absolute atomic E-state index is 12.4. The second-order valence-electron chi connectivity index (χ2n) is 5.17. The summed E-state index contributed by atoms with van der Waals surface area (Å²) in [5.74, 6) is -0.140. The van der Waals surface area contributed by atoms with Crippen LogP contribution in [0.1, 0.15) is 24.2 Å². The molecule has 0 bridgehead atoms. The number of rotatable bonds is 4. The van der Waals surface area contributed by atoms with E-state index >= 15 is 0 Å². The highest BCUT2D eigenvalue weighted by atomic mass is 19.1. The fourth-order valence-electron chi connectivity index (χ4n) is 2.62. The molecule has 0 radical (unpaired) electrons. The third-order valence-electron chi connectivity index (χ3n) is 3.72. The normalized spacial score (nSPS) is 14.8. The quantitative estimate of drug-likeness (QED) is 0.851. The van der Waals surface area contributed by atoms with Crippen molar-refractivity contribution in [3.63, 3.8) is 0 Å². The Balaban J connectivity index is 1.81. The Morgan fingerprint density at radius 3 is 2.86 bits per heavy atom. The van der Waals surface area contributed by atoms with Gasteiger partial charge in [-0.3, -0.25) is 9.18 Å². The van der Waals surface area contributed by atoms with Crippen molar-refractivity contribution < 1.29 is 9.18 Å². The van der Waals surface area contributed by atoms with Gasteiger partial charge in [-0.2, -0.15) is 0 Å². The number of nitrogens with zero attached hydrogens (tertiary/aromatic N) is 5. The van der Waals surface area contributed by atoms with Crippen molar-refractivity contribution >= 4 is 5.91 Å². The van der Waals surface area contributed by atoms with Crippen LogP contribution >= 0.6 is 0 Å². The van der Waals surface area contributed by atoms with E-state index in [0.29, 0.717) is 19.6 Å². The van der Waals surface area contributed by atoms with Crippen molar-refractivity contribution in [3.8, 4) is 0 Å². The molecule has 0 fully saturated rings. The first-order valence-corrected chi connectivity index (χ1v) is 7.13. The summed E-state index contributed by atoms with van der Waals surface area (Å²) in [6.45, 7) is 1.87. The summed E-state index contributed by atoms with van der Waals surface area (Å²) in [5, 5.41) is 8.41. The van der Waals surface area contributed by atoms with Gasteiger partial charge in [-0.05, 0) is 18.6 Å². The Morgan fingerprint density at radius 2 is 2.10 bits per heavy atom. The molecule has 21 heavy (non-hydrogen) atoms. The fourth-order valence-corrected chi connectivity index (χ4v) is 2.62. The predicted octanol–water partition coefficient (Wildman–Crippen LogP) is 1.22. The highest BCUT2D eigenvalue weighted by Gasteiger charge is 2.22. The van der Waals surface area contributed by atoms with Crippen LogP contribution in [0.5, 0.6) is 0 Å². The molecule has 0 aliphatic carbocycles. The van der Waals surface area contributed by atoms with Crippen molar-refractivity contribution in [2.75, 3.05) is 13.2 Å². The monoisotopic (exact) mass is 291 g/mol. The van der Waals surface area contributed by atoms with Crippen LogP contribution in [0.3, 0.4) is 0 Å². The number of aromatic nitrogens is 4. The number of halogens is 1. The van der Waals surface area contributed by atoms with Gasteiger partial charge in [0.25, 0.3) is 0 Å². The van der Waals surface area contributed by atoms with Gasteiger partial charge in [-0.25, -0.2) is 4.68 Å². The zero-order valence-corrected chi connectivity index (χ0v) is 11.8. The summed E-state index contributed by atoms with van der Waals surface area (Å²) in [6, 6.07) is 3.92. The van der Waals surface area contributed by atoms with Gasteiger partial charge in [0.2, 0.25) is 5.91 Å². The zero-order valence-electron chi connectivity index (χ0n) is 11.8. The summed E-state index contributed by atoms with van der Waals surface area (Å²) in [7, 11) is 0. The summed E-state index contributed by atoms with van der Waals surface area (Å²) in [6.07, 6.45) is 4.70. The van der Waals surface area contributed by atoms with Gasteiger partial charge >= 0.3 is 0 Å². The number of alkyl halides is 1. The first kappa shape index (κ1) is 13.8. The highest BCUT2D eigenvalue weighted by Crippen LogP contribution is 2.16. The fraction of sp³-hybridized carbons (Fsp3) is 0.500. The van der Waals surface area contributed by atoms with Crippen molar-refractivity contribution in [2.45, 2.75) is 32.5 Å². The summed E-state index contributed by atoms with van der Waals surface area (Å²) < 4.78 is 16.3. The molecule has 3 heterocycles. The molecule has 0 N–H and O–H groups in total. The Kier molecular flexibility index (Phi) is 3.98. The van der Waals surface area contributed by atoms with Crippen LogP contribution in [-0.2, 0) is 24.4 Å². The summed E-state index contributed by atoms with van der Waals surface area (Å²) in [5.41, 5.74) is 1.82. The molecule has 0 unspecified atom stereocenters. The lowest BCUT2D eigenvalue weighted by Crippen LogP contribution is -2.31. The third kappa shape index (κ3) is 2.96. The van der Waals surface area contributed by atoms with E-state index in [-0.39, 0.29) is 12.3 Å². The molecule has 1 amide bonds. The molecule has 0 saturated heterocycles. The first-order valence-electron chi connectivity index (χ1n) is 7.13. The lowest BCUT2D eigenvalue weighted by Gasteiger charge is -2.19. The van der Waals surface area contributed by atoms with E-state index in [1.54, 1.807) is 4.90 Å². The van der Waals surface area contributed by atoms with Crippen molar-refractivity contribution in [3.05, 3.63) is 35.9 Å². The van der Waals surface area contributed by atoms with E-state index in [1.807, 2.05) is 33.8 Å². The van der Waals surface area contributed by atoms with E-state index in [9.17, 15) is 9.18 Å². The Hall–Kier alpha value is -2.18. The molecule has 3 rings (SSSR count). The standard InChI is InChI=1S/C14H18FN5O/c15-5-4-14(21)19-8-3-9-20-13(11-19)12(16-17-20)10-18-6-1-2-7-18/h1-2,6-7H,3-5,8-11H2. The number of aryl methyl sites for hydroxylation is 1. The Morgan fingerprint density at radius 1 is 1.29 bits per heavy atom.